The minimum absolute atomic E-state index is 0.474. The molecule has 0 saturated heterocycles. The molecule has 0 spiro atoms. The molecule has 24 heavy (non-hydrogen) atoms. The fourth-order valence-corrected chi connectivity index (χ4v) is 2.46. The Labute approximate surface area is 146 Å². The van der Waals surface area contributed by atoms with Crippen LogP contribution >= 0.6 is 0 Å². The molecule has 1 aromatic heterocycles. The van der Waals surface area contributed by atoms with Crippen molar-refractivity contribution in [1.29, 1.82) is 0 Å². The standard InChI is InChI=1S/C13H20O2.C7H12N2/c1-5-14-11-7-8-12(10(3)4)13(9-11)15-6-2;1-6(2)7-8-4-5-9(7)3/h7-10H,5-6H2,1-4H3;4-6H,1-3H3. The van der Waals surface area contributed by atoms with Crippen LogP contribution in [0, 0.1) is 0 Å². The molecule has 0 amide bonds. The largest absolute Gasteiger partial charge is 0.494 e. The fourth-order valence-electron chi connectivity index (χ4n) is 2.46. The van der Waals surface area contributed by atoms with Gasteiger partial charge in [0.05, 0.1) is 13.2 Å². The minimum Gasteiger partial charge on any atom is -0.494 e. The first-order valence-corrected chi connectivity index (χ1v) is 8.77. The van der Waals surface area contributed by atoms with Crippen LogP contribution in [0.15, 0.2) is 30.6 Å². The van der Waals surface area contributed by atoms with Crippen LogP contribution in [0.5, 0.6) is 11.5 Å². The highest BCUT2D eigenvalue weighted by atomic mass is 16.5. The molecule has 0 atom stereocenters. The van der Waals surface area contributed by atoms with E-state index in [1.54, 1.807) is 0 Å². The van der Waals surface area contributed by atoms with Gasteiger partial charge >= 0.3 is 0 Å². The second-order valence-corrected chi connectivity index (χ2v) is 6.27. The van der Waals surface area contributed by atoms with E-state index in [4.69, 9.17) is 9.47 Å². The number of aromatic nitrogens is 2. The van der Waals surface area contributed by atoms with E-state index in [0.717, 1.165) is 17.3 Å². The molecule has 0 N–H and O–H groups in total. The van der Waals surface area contributed by atoms with Gasteiger partial charge in [0.2, 0.25) is 0 Å². The lowest BCUT2D eigenvalue weighted by atomic mass is 10.0. The molecule has 0 aliphatic carbocycles. The molecule has 1 aromatic carbocycles. The van der Waals surface area contributed by atoms with Gasteiger partial charge in [-0.3, -0.25) is 0 Å². The number of hydrogen-bond acceptors (Lipinski definition) is 3. The quantitative estimate of drug-likeness (QED) is 0.734. The number of imidazole rings is 1. The highest BCUT2D eigenvalue weighted by Crippen LogP contribution is 2.30. The molecule has 134 valence electrons. The Bertz CT molecular complexity index is 603. The summed E-state index contributed by atoms with van der Waals surface area (Å²) in [5.41, 5.74) is 1.24. The lowest BCUT2D eigenvalue weighted by molar-refractivity contribution is 0.320. The van der Waals surface area contributed by atoms with Crippen LogP contribution in [0.1, 0.15) is 64.8 Å². The number of rotatable bonds is 6. The van der Waals surface area contributed by atoms with Crippen molar-refractivity contribution in [3.63, 3.8) is 0 Å². The van der Waals surface area contributed by atoms with Crippen molar-refractivity contribution in [1.82, 2.24) is 9.55 Å². The van der Waals surface area contributed by atoms with Crippen LogP contribution in [0.25, 0.3) is 0 Å². The Hall–Kier alpha value is -1.97. The monoisotopic (exact) mass is 332 g/mol. The molecular weight excluding hydrogens is 300 g/mol. The summed E-state index contributed by atoms with van der Waals surface area (Å²) >= 11 is 0. The van der Waals surface area contributed by atoms with Gasteiger partial charge in [0.15, 0.2) is 0 Å². The molecule has 0 bridgehead atoms. The second-order valence-electron chi connectivity index (χ2n) is 6.27. The van der Waals surface area contributed by atoms with Crippen molar-refractivity contribution in [2.24, 2.45) is 7.05 Å². The summed E-state index contributed by atoms with van der Waals surface area (Å²) in [4.78, 5) is 4.18. The first kappa shape index (κ1) is 20.1. The maximum absolute atomic E-state index is 5.61. The fraction of sp³-hybridized carbons (Fsp3) is 0.550. The van der Waals surface area contributed by atoms with E-state index in [9.17, 15) is 0 Å². The van der Waals surface area contributed by atoms with Gasteiger partial charge in [0, 0.05) is 31.4 Å². The van der Waals surface area contributed by atoms with Gasteiger partial charge in [0.1, 0.15) is 17.3 Å². The lowest BCUT2D eigenvalue weighted by Gasteiger charge is -2.14. The SMILES string of the molecule is CC(C)c1nccn1C.CCOc1ccc(C(C)C)c(OCC)c1. The van der Waals surface area contributed by atoms with Crippen molar-refractivity contribution in [3.8, 4) is 11.5 Å². The Morgan fingerprint density at radius 1 is 1.00 bits per heavy atom. The van der Waals surface area contributed by atoms with E-state index < -0.39 is 0 Å². The molecule has 2 aromatic rings. The minimum atomic E-state index is 0.474. The second kappa shape index (κ2) is 10.0. The van der Waals surface area contributed by atoms with E-state index in [-0.39, 0.29) is 0 Å². The lowest BCUT2D eigenvalue weighted by Crippen LogP contribution is -1.99. The highest BCUT2D eigenvalue weighted by molar-refractivity contribution is 5.42. The van der Waals surface area contributed by atoms with E-state index in [2.05, 4.69) is 38.7 Å². The number of hydrogen-bond donors (Lipinski definition) is 0. The summed E-state index contributed by atoms with van der Waals surface area (Å²) in [7, 11) is 2.02. The van der Waals surface area contributed by atoms with Crippen molar-refractivity contribution in [2.45, 2.75) is 53.4 Å². The van der Waals surface area contributed by atoms with Crippen molar-refractivity contribution in [3.05, 3.63) is 42.0 Å². The van der Waals surface area contributed by atoms with E-state index >= 15 is 0 Å². The number of aryl methyl sites for hydroxylation is 1. The average molecular weight is 332 g/mol. The predicted molar refractivity (Wildman–Crippen MR) is 100 cm³/mol. The van der Waals surface area contributed by atoms with Crippen LogP contribution in [0.4, 0.5) is 0 Å². The molecule has 0 radical (unpaired) electrons. The van der Waals surface area contributed by atoms with Crippen molar-refractivity contribution in [2.75, 3.05) is 13.2 Å². The number of nitrogens with zero attached hydrogens (tertiary/aromatic N) is 2. The van der Waals surface area contributed by atoms with Crippen molar-refractivity contribution >= 4 is 0 Å². The average Bonchev–Trinajstić information content (AvgIpc) is 2.95. The summed E-state index contributed by atoms with van der Waals surface area (Å²) in [5.74, 6) is 3.98. The molecule has 2 rings (SSSR count). The molecule has 4 nitrogen and oxygen atoms in total. The van der Waals surface area contributed by atoms with E-state index in [1.165, 1.54) is 5.56 Å². The zero-order valence-electron chi connectivity index (χ0n) is 16.2. The Kier molecular flexibility index (Phi) is 8.37. The van der Waals surface area contributed by atoms with E-state index in [1.807, 2.05) is 50.0 Å². The molecule has 0 fully saturated rings. The van der Waals surface area contributed by atoms with Gasteiger partial charge in [-0.25, -0.2) is 4.98 Å². The maximum atomic E-state index is 5.61. The Balaban J connectivity index is 0.000000272. The third-order valence-corrected chi connectivity index (χ3v) is 3.59. The van der Waals surface area contributed by atoms with Gasteiger partial charge in [-0.1, -0.05) is 33.8 Å². The first-order chi connectivity index (χ1) is 11.4. The molecule has 0 aliphatic heterocycles. The van der Waals surface area contributed by atoms with Crippen LogP contribution in [-0.2, 0) is 7.05 Å². The normalized spacial score (nSPS) is 10.5. The molecular formula is C20H32N2O2. The molecule has 1 heterocycles. The summed E-state index contributed by atoms with van der Waals surface area (Å²) in [6.07, 6.45) is 3.80. The van der Waals surface area contributed by atoms with Gasteiger partial charge in [0.25, 0.3) is 0 Å². The Morgan fingerprint density at radius 2 is 1.67 bits per heavy atom. The number of benzene rings is 1. The topological polar surface area (TPSA) is 36.3 Å². The molecule has 0 unspecified atom stereocenters. The van der Waals surface area contributed by atoms with Gasteiger partial charge in [-0.05, 0) is 31.4 Å². The highest BCUT2D eigenvalue weighted by Gasteiger charge is 2.08. The van der Waals surface area contributed by atoms with Crippen LogP contribution in [0.3, 0.4) is 0 Å². The number of ether oxygens (including phenoxy) is 2. The summed E-state index contributed by atoms with van der Waals surface area (Å²) < 4.78 is 13.1. The zero-order chi connectivity index (χ0) is 18.1. The molecule has 0 saturated carbocycles. The van der Waals surface area contributed by atoms with Crippen LogP contribution < -0.4 is 9.47 Å². The Morgan fingerprint density at radius 3 is 2.08 bits per heavy atom. The smallest absolute Gasteiger partial charge is 0.126 e. The van der Waals surface area contributed by atoms with Crippen LogP contribution in [-0.4, -0.2) is 22.8 Å². The van der Waals surface area contributed by atoms with Gasteiger partial charge in [-0.15, -0.1) is 0 Å². The van der Waals surface area contributed by atoms with Gasteiger partial charge < -0.3 is 14.0 Å². The molecule has 4 heteroatoms. The first-order valence-electron chi connectivity index (χ1n) is 8.77. The van der Waals surface area contributed by atoms with Crippen molar-refractivity contribution < 1.29 is 9.47 Å². The predicted octanol–water partition coefficient (Wildman–Crippen LogP) is 5.15. The third kappa shape index (κ3) is 5.91. The summed E-state index contributed by atoms with van der Waals surface area (Å²) in [6, 6.07) is 6.06. The summed E-state index contributed by atoms with van der Waals surface area (Å²) in [6.45, 7) is 14.0. The molecule has 0 aliphatic rings. The van der Waals surface area contributed by atoms with Gasteiger partial charge in [-0.2, -0.15) is 0 Å². The van der Waals surface area contributed by atoms with E-state index in [0.29, 0.717) is 25.0 Å². The maximum Gasteiger partial charge on any atom is 0.126 e. The third-order valence-electron chi connectivity index (χ3n) is 3.59. The summed E-state index contributed by atoms with van der Waals surface area (Å²) in [5, 5.41) is 0. The van der Waals surface area contributed by atoms with Crippen LogP contribution in [0.2, 0.25) is 0 Å². The zero-order valence-corrected chi connectivity index (χ0v) is 16.2.